The third-order valence-electron chi connectivity index (χ3n) is 3.65. The zero-order chi connectivity index (χ0) is 15.8. The molecule has 22 heavy (non-hydrogen) atoms. The topological polar surface area (TPSA) is 70.6 Å². The molecule has 1 aliphatic heterocycles. The minimum absolute atomic E-state index is 0.0167. The van der Waals surface area contributed by atoms with Crippen LogP contribution >= 0.6 is 0 Å². The van der Waals surface area contributed by atoms with E-state index in [0.717, 1.165) is 31.9 Å². The number of rotatable bonds is 6. The van der Waals surface area contributed by atoms with Gasteiger partial charge >= 0.3 is 0 Å². The van der Waals surface area contributed by atoms with Crippen LogP contribution in [0.5, 0.6) is 0 Å². The van der Waals surface area contributed by atoms with E-state index in [4.69, 9.17) is 0 Å². The van der Waals surface area contributed by atoms with E-state index in [1.54, 1.807) is 0 Å². The zero-order valence-electron chi connectivity index (χ0n) is 13.1. The fraction of sp³-hybridized carbons (Fsp3) is 0.562. The minimum atomic E-state index is -2.86. The van der Waals surface area contributed by atoms with Crippen LogP contribution in [0.2, 0.25) is 0 Å². The third-order valence-corrected chi connectivity index (χ3v) is 5.42. The molecule has 0 spiro atoms. The van der Waals surface area contributed by atoms with Crippen LogP contribution in [0, 0.1) is 0 Å². The van der Waals surface area contributed by atoms with Crippen molar-refractivity contribution in [3.05, 3.63) is 35.9 Å². The second-order valence-electron chi connectivity index (χ2n) is 5.59. The Morgan fingerprint density at radius 1 is 1.32 bits per heavy atom. The summed E-state index contributed by atoms with van der Waals surface area (Å²) in [6.07, 6.45) is 2.64. The van der Waals surface area contributed by atoms with Gasteiger partial charge in [-0.3, -0.25) is 4.99 Å². The summed E-state index contributed by atoms with van der Waals surface area (Å²) in [5, 5.41) is 6.41. The molecule has 1 unspecified atom stereocenters. The number of aliphatic imine (C=N–C) groups is 1. The molecular weight excluding hydrogens is 298 g/mol. The van der Waals surface area contributed by atoms with Gasteiger partial charge in [-0.1, -0.05) is 30.3 Å². The molecule has 1 atom stereocenters. The second-order valence-corrected chi connectivity index (χ2v) is 7.82. The Kier molecular flexibility index (Phi) is 6.24. The van der Waals surface area contributed by atoms with E-state index in [1.165, 1.54) is 5.56 Å². The molecule has 1 aromatic rings. The summed E-state index contributed by atoms with van der Waals surface area (Å²) in [7, 11) is -2.86. The van der Waals surface area contributed by atoms with Crippen molar-refractivity contribution in [2.24, 2.45) is 4.99 Å². The first-order valence-corrected chi connectivity index (χ1v) is 9.70. The summed E-state index contributed by atoms with van der Waals surface area (Å²) >= 11 is 0. The first-order chi connectivity index (χ1) is 10.6. The summed E-state index contributed by atoms with van der Waals surface area (Å²) in [6, 6.07) is 10.3. The molecule has 0 radical (unpaired) electrons. The highest BCUT2D eigenvalue weighted by molar-refractivity contribution is 7.91. The molecule has 1 saturated heterocycles. The molecule has 0 aromatic heterocycles. The molecule has 0 amide bonds. The molecule has 1 aliphatic rings. The van der Waals surface area contributed by atoms with Gasteiger partial charge in [-0.15, -0.1) is 0 Å². The fourth-order valence-electron chi connectivity index (χ4n) is 2.54. The van der Waals surface area contributed by atoms with Crippen molar-refractivity contribution in [2.75, 3.05) is 24.6 Å². The van der Waals surface area contributed by atoms with Crippen molar-refractivity contribution in [1.29, 1.82) is 0 Å². The van der Waals surface area contributed by atoms with Crippen LogP contribution in [0.25, 0.3) is 0 Å². The minimum Gasteiger partial charge on any atom is -0.357 e. The molecular formula is C16H25N3O2S. The third kappa shape index (κ3) is 5.67. The van der Waals surface area contributed by atoms with E-state index in [0.29, 0.717) is 6.42 Å². The molecule has 0 aliphatic carbocycles. The van der Waals surface area contributed by atoms with Crippen molar-refractivity contribution in [3.63, 3.8) is 0 Å². The predicted molar refractivity (Wildman–Crippen MR) is 90.9 cm³/mol. The first kappa shape index (κ1) is 16.8. The van der Waals surface area contributed by atoms with Gasteiger partial charge in [-0.05, 0) is 31.7 Å². The molecule has 2 rings (SSSR count). The Labute approximate surface area is 133 Å². The fourth-order valence-corrected chi connectivity index (χ4v) is 4.21. The van der Waals surface area contributed by atoms with E-state index in [9.17, 15) is 8.42 Å². The maximum atomic E-state index is 11.5. The van der Waals surface area contributed by atoms with Crippen molar-refractivity contribution >= 4 is 15.8 Å². The largest absolute Gasteiger partial charge is 0.357 e. The van der Waals surface area contributed by atoms with Gasteiger partial charge in [0.2, 0.25) is 0 Å². The van der Waals surface area contributed by atoms with Crippen LogP contribution < -0.4 is 10.6 Å². The number of hydrogen-bond acceptors (Lipinski definition) is 3. The molecule has 1 heterocycles. The molecule has 6 heteroatoms. The lowest BCUT2D eigenvalue weighted by molar-refractivity contribution is 0.599. The van der Waals surface area contributed by atoms with Gasteiger partial charge in [0.15, 0.2) is 15.8 Å². The van der Waals surface area contributed by atoms with Crippen LogP contribution in [-0.2, 0) is 16.3 Å². The van der Waals surface area contributed by atoms with Gasteiger partial charge in [0.25, 0.3) is 0 Å². The number of aryl methyl sites for hydroxylation is 1. The van der Waals surface area contributed by atoms with E-state index in [1.807, 2.05) is 25.1 Å². The van der Waals surface area contributed by atoms with Gasteiger partial charge in [0.05, 0.1) is 11.5 Å². The van der Waals surface area contributed by atoms with Gasteiger partial charge in [0.1, 0.15) is 0 Å². The predicted octanol–water partition coefficient (Wildman–Crippen LogP) is 1.36. The smallest absolute Gasteiger partial charge is 0.191 e. The monoisotopic (exact) mass is 323 g/mol. The van der Waals surface area contributed by atoms with Crippen molar-refractivity contribution < 1.29 is 8.42 Å². The lowest BCUT2D eigenvalue weighted by atomic mass is 10.1. The number of nitrogens with zero attached hydrogens (tertiary/aromatic N) is 1. The average Bonchev–Trinajstić information content (AvgIpc) is 2.84. The molecule has 2 N–H and O–H groups in total. The maximum Gasteiger partial charge on any atom is 0.191 e. The summed E-state index contributed by atoms with van der Waals surface area (Å²) in [4.78, 5) is 4.54. The van der Waals surface area contributed by atoms with E-state index >= 15 is 0 Å². The van der Waals surface area contributed by atoms with E-state index < -0.39 is 9.84 Å². The van der Waals surface area contributed by atoms with Crippen LogP contribution in [-0.4, -0.2) is 45.0 Å². The van der Waals surface area contributed by atoms with Gasteiger partial charge in [-0.25, -0.2) is 8.42 Å². The van der Waals surface area contributed by atoms with Crippen LogP contribution in [0.3, 0.4) is 0 Å². The SMILES string of the molecule is CCNC(=NCCCc1ccccc1)NC1CCS(=O)(=O)C1. The highest BCUT2D eigenvalue weighted by atomic mass is 32.2. The molecule has 0 saturated carbocycles. The Bertz CT molecular complexity index is 585. The molecule has 1 aromatic carbocycles. The Morgan fingerprint density at radius 2 is 2.09 bits per heavy atom. The Hall–Kier alpha value is -1.56. The number of nitrogens with one attached hydrogen (secondary N) is 2. The van der Waals surface area contributed by atoms with Crippen molar-refractivity contribution in [3.8, 4) is 0 Å². The van der Waals surface area contributed by atoms with Gasteiger partial charge < -0.3 is 10.6 Å². The van der Waals surface area contributed by atoms with Crippen LogP contribution in [0.15, 0.2) is 35.3 Å². The maximum absolute atomic E-state index is 11.5. The lowest BCUT2D eigenvalue weighted by Gasteiger charge is -2.15. The van der Waals surface area contributed by atoms with E-state index in [-0.39, 0.29) is 17.5 Å². The lowest BCUT2D eigenvalue weighted by Crippen LogP contribution is -2.44. The van der Waals surface area contributed by atoms with E-state index in [2.05, 4.69) is 27.8 Å². The van der Waals surface area contributed by atoms with Crippen molar-refractivity contribution in [1.82, 2.24) is 10.6 Å². The van der Waals surface area contributed by atoms with Gasteiger partial charge in [0, 0.05) is 19.1 Å². The molecule has 5 nitrogen and oxygen atoms in total. The highest BCUT2D eigenvalue weighted by Gasteiger charge is 2.28. The first-order valence-electron chi connectivity index (χ1n) is 7.88. The zero-order valence-corrected chi connectivity index (χ0v) is 13.9. The van der Waals surface area contributed by atoms with Gasteiger partial charge in [-0.2, -0.15) is 0 Å². The molecule has 1 fully saturated rings. The van der Waals surface area contributed by atoms with Crippen LogP contribution in [0.4, 0.5) is 0 Å². The van der Waals surface area contributed by atoms with Crippen LogP contribution in [0.1, 0.15) is 25.3 Å². The summed E-state index contributed by atoms with van der Waals surface area (Å²) < 4.78 is 23.0. The summed E-state index contributed by atoms with van der Waals surface area (Å²) in [5.41, 5.74) is 1.32. The number of sulfone groups is 1. The summed E-state index contributed by atoms with van der Waals surface area (Å²) in [6.45, 7) is 3.50. The number of hydrogen-bond donors (Lipinski definition) is 2. The Morgan fingerprint density at radius 3 is 2.73 bits per heavy atom. The molecule has 0 bridgehead atoms. The second kappa shape index (κ2) is 8.17. The number of benzene rings is 1. The Balaban J connectivity index is 1.80. The number of guanidine groups is 1. The normalized spacial score (nSPS) is 20.8. The highest BCUT2D eigenvalue weighted by Crippen LogP contribution is 2.11. The average molecular weight is 323 g/mol. The molecule has 122 valence electrons. The standard InChI is InChI=1S/C16H25N3O2S/c1-2-17-16(19-15-10-12-22(20,21)13-15)18-11-6-9-14-7-4-3-5-8-14/h3-5,7-8,15H,2,6,9-13H2,1H3,(H2,17,18,19). The summed E-state index contributed by atoms with van der Waals surface area (Å²) in [5.74, 6) is 1.21. The quantitative estimate of drug-likeness (QED) is 0.471. The van der Waals surface area contributed by atoms with Crippen molar-refractivity contribution in [2.45, 2.75) is 32.2 Å².